The minimum absolute atomic E-state index is 0.0302. The molecule has 3 aromatic rings. The maximum atomic E-state index is 12.9. The number of carbonyl (C=O) groups is 2. The fourth-order valence-corrected chi connectivity index (χ4v) is 4.83. The van der Waals surface area contributed by atoms with E-state index in [4.69, 9.17) is 5.10 Å². The van der Waals surface area contributed by atoms with Crippen molar-refractivity contribution in [3.8, 4) is 10.6 Å². The standard InChI is InChI=1S/C26H30N4O2S/c1-2-8-24(31)27-22-11-6-15-29(19-22)25(32)14-13-21-18-30(17-20-9-4-3-5-10-20)28-26(21)23-12-7-16-33-23/h3-5,7,9-10,12-14,16,18,22H,2,6,8,11,15,17,19H2,1H3,(H,27,31)/b14-13+. The van der Waals surface area contributed by atoms with Crippen molar-refractivity contribution in [1.29, 1.82) is 0 Å². The van der Waals surface area contributed by atoms with Crippen LogP contribution >= 0.6 is 11.3 Å². The molecule has 1 saturated heterocycles. The van der Waals surface area contributed by atoms with Crippen LogP contribution in [-0.2, 0) is 16.1 Å². The zero-order valence-electron chi connectivity index (χ0n) is 18.9. The van der Waals surface area contributed by atoms with Crippen LogP contribution in [0.25, 0.3) is 16.6 Å². The lowest BCUT2D eigenvalue weighted by atomic mass is 10.1. The highest BCUT2D eigenvalue weighted by atomic mass is 32.1. The van der Waals surface area contributed by atoms with Crippen molar-refractivity contribution in [1.82, 2.24) is 20.0 Å². The lowest BCUT2D eigenvalue weighted by Gasteiger charge is -2.32. The summed E-state index contributed by atoms with van der Waals surface area (Å²) in [4.78, 5) is 27.8. The van der Waals surface area contributed by atoms with E-state index in [1.807, 2.05) is 64.5 Å². The van der Waals surface area contributed by atoms with Gasteiger partial charge in [-0.15, -0.1) is 11.3 Å². The highest BCUT2D eigenvalue weighted by molar-refractivity contribution is 7.13. The molecule has 0 spiro atoms. The van der Waals surface area contributed by atoms with Gasteiger partial charge in [0.2, 0.25) is 11.8 Å². The molecule has 3 heterocycles. The lowest BCUT2D eigenvalue weighted by Crippen LogP contribution is -2.49. The summed E-state index contributed by atoms with van der Waals surface area (Å²) in [6.07, 6.45) is 8.67. The van der Waals surface area contributed by atoms with E-state index in [0.717, 1.165) is 35.4 Å². The van der Waals surface area contributed by atoms with Crippen LogP contribution < -0.4 is 5.32 Å². The summed E-state index contributed by atoms with van der Waals surface area (Å²) in [5, 5.41) is 9.90. The number of nitrogens with one attached hydrogen (secondary N) is 1. The van der Waals surface area contributed by atoms with E-state index in [9.17, 15) is 9.59 Å². The molecule has 0 radical (unpaired) electrons. The van der Waals surface area contributed by atoms with Crippen molar-refractivity contribution in [2.24, 2.45) is 0 Å². The Labute approximate surface area is 198 Å². The number of benzene rings is 1. The molecular formula is C26H30N4O2S. The summed E-state index contributed by atoms with van der Waals surface area (Å²) < 4.78 is 1.93. The second-order valence-corrected chi connectivity index (χ2v) is 9.32. The van der Waals surface area contributed by atoms with Crippen molar-refractivity contribution >= 4 is 29.2 Å². The third kappa shape index (κ3) is 6.20. The summed E-state index contributed by atoms with van der Waals surface area (Å²) in [6, 6.07) is 14.3. The van der Waals surface area contributed by atoms with E-state index in [1.54, 1.807) is 17.4 Å². The average molecular weight is 463 g/mol. The highest BCUT2D eigenvalue weighted by Crippen LogP contribution is 2.28. The van der Waals surface area contributed by atoms with Crippen molar-refractivity contribution in [2.45, 2.75) is 45.2 Å². The number of nitrogens with zero attached hydrogens (tertiary/aromatic N) is 3. The van der Waals surface area contributed by atoms with Crippen LogP contribution in [0.2, 0.25) is 0 Å². The number of amides is 2. The molecule has 4 rings (SSSR count). The van der Waals surface area contributed by atoms with Gasteiger partial charge in [0.15, 0.2) is 0 Å². The normalized spacial score (nSPS) is 16.3. The average Bonchev–Trinajstić information content (AvgIpc) is 3.48. The lowest BCUT2D eigenvalue weighted by molar-refractivity contribution is -0.129. The number of piperidine rings is 1. The van der Waals surface area contributed by atoms with Gasteiger partial charge in [-0.05, 0) is 42.3 Å². The molecule has 7 heteroatoms. The molecule has 172 valence electrons. The summed E-state index contributed by atoms with van der Waals surface area (Å²) in [5.74, 6) is 0.0381. The molecule has 1 N–H and O–H groups in total. The predicted octanol–water partition coefficient (Wildman–Crippen LogP) is 4.58. The van der Waals surface area contributed by atoms with Crippen molar-refractivity contribution < 1.29 is 9.59 Å². The van der Waals surface area contributed by atoms with Gasteiger partial charge in [0.25, 0.3) is 0 Å². The first-order valence-corrected chi connectivity index (χ1v) is 12.4. The highest BCUT2D eigenvalue weighted by Gasteiger charge is 2.23. The molecule has 2 aromatic heterocycles. The van der Waals surface area contributed by atoms with Crippen molar-refractivity contribution in [3.05, 3.63) is 71.2 Å². The Morgan fingerprint density at radius 3 is 2.82 bits per heavy atom. The van der Waals surface area contributed by atoms with Crippen LogP contribution in [0.3, 0.4) is 0 Å². The van der Waals surface area contributed by atoms with Gasteiger partial charge in [-0.2, -0.15) is 5.10 Å². The molecule has 6 nitrogen and oxygen atoms in total. The molecule has 33 heavy (non-hydrogen) atoms. The summed E-state index contributed by atoms with van der Waals surface area (Å²) in [7, 11) is 0. The second-order valence-electron chi connectivity index (χ2n) is 8.37. The third-order valence-electron chi connectivity index (χ3n) is 5.71. The molecule has 1 fully saturated rings. The number of hydrogen-bond acceptors (Lipinski definition) is 4. The van der Waals surface area contributed by atoms with E-state index in [1.165, 1.54) is 5.56 Å². The fraction of sp³-hybridized carbons (Fsp3) is 0.346. The number of rotatable bonds is 8. The number of hydrogen-bond donors (Lipinski definition) is 1. The fourth-order valence-electron chi connectivity index (χ4n) is 4.10. The molecule has 0 aliphatic carbocycles. The molecule has 1 aliphatic heterocycles. The molecule has 2 amide bonds. The summed E-state index contributed by atoms with van der Waals surface area (Å²) in [6.45, 7) is 3.94. The molecule has 1 aromatic carbocycles. The minimum atomic E-state index is -0.0302. The SMILES string of the molecule is CCCC(=O)NC1CCCN(C(=O)/C=C/c2cn(Cc3ccccc3)nc2-c2cccs2)C1. The van der Waals surface area contributed by atoms with E-state index in [2.05, 4.69) is 17.4 Å². The Bertz CT molecular complexity index is 1090. The van der Waals surface area contributed by atoms with E-state index >= 15 is 0 Å². The number of carbonyl (C=O) groups excluding carboxylic acids is 2. The maximum Gasteiger partial charge on any atom is 0.246 e. The quantitative estimate of drug-likeness (QED) is 0.498. The molecule has 1 aliphatic rings. The molecule has 0 saturated carbocycles. The first-order chi connectivity index (χ1) is 16.1. The Morgan fingerprint density at radius 2 is 2.06 bits per heavy atom. The van der Waals surface area contributed by atoms with E-state index < -0.39 is 0 Å². The molecule has 1 atom stereocenters. The molecular weight excluding hydrogens is 432 g/mol. The van der Waals surface area contributed by atoms with Crippen molar-refractivity contribution in [3.63, 3.8) is 0 Å². The Morgan fingerprint density at radius 1 is 1.21 bits per heavy atom. The first kappa shape index (κ1) is 23.0. The van der Waals surface area contributed by atoms with Gasteiger partial charge < -0.3 is 10.2 Å². The Balaban J connectivity index is 1.47. The van der Waals surface area contributed by atoms with Gasteiger partial charge in [0.05, 0.1) is 11.4 Å². The van der Waals surface area contributed by atoms with E-state index in [-0.39, 0.29) is 17.9 Å². The van der Waals surface area contributed by atoms with Gasteiger partial charge in [-0.25, -0.2) is 0 Å². The smallest absolute Gasteiger partial charge is 0.246 e. The largest absolute Gasteiger partial charge is 0.352 e. The molecule has 0 bridgehead atoms. The summed E-state index contributed by atoms with van der Waals surface area (Å²) in [5.41, 5.74) is 2.98. The van der Waals surface area contributed by atoms with Crippen LogP contribution in [0.15, 0.2) is 60.1 Å². The van der Waals surface area contributed by atoms with Crippen LogP contribution in [0, 0.1) is 0 Å². The summed E-state index contributed by atoms with van der Waals surface area (Å²) >= 11 is 1.64. The van der Waals surface area contributed by atoms with Gasteiger partial charge in [0, 0.05) is 43.4 Å². The number of likely N-dealkylation sites (tertiary alicyclic amines) is 1. The van der Waals surface area contributed by atoms with Gasteiger partial charge >= 0.3 is 0 Å². The van der Waals surface area contributed by atoms with Crippen molar-refractivity contribution in [2.75, 3.05) is 13.1 Å². The number of aromatic nitrogens is 2. The monoisotopic (exact) mass is 462 g/mol. The van der Waals surface area contributed by atoms with Gasteiger partial charge in [-0.3, -0.25) is 14.3 Å². The third-order valence-corrected chi connectivity index (χ3v) is 6.59. The van der Waals surface area contributed by atoms with Gasteiger partial charge in [0.1, 0.15) is 5.69 Å². The Kier molecular flexibility index (Phi) is 7.73. The maximum absolute atomic E-state index is 12.9. The van der Waals surface area contributed by atoms with E-state index in [0.29, 0.717) is 26.1 Å². The number of thiophene rings is 1. The van der Waals surface area contributed by atoms with Crippen LogP contribution in [0.4, 0.5) is 0 Å². The minimum Gasteiger partial charge on any atom is -0.352 e. The predicted molar refractivity (Wildman–Crippen MR) is 133 cm³/mol. The zero-order chi connectivity index (χ0) is 23.0. The van der Waals surface area contributed by atoms with Crippen LogP contribution in [0.1, 0.15) is 43.7 Å². The zero-order valence-corrected chi connectivity index (χ0v) is 19.8. The second kappa shape index (κ2) is 11.1. The molecule has 1 unspecified atom stereocenters. The van der Waals surface area contributed by atoms with Crippen LogP contribution in [-0.4, -0.2) is 45.6 Å². The van der Waals surface area contributed by atoms with Crippen LogP contribution in [0.5, 0.6) is 0 Å². The Hall–Kier alpha value is -3.19. The first-order valence-electron chi connectivity index (χ1n) is 11.5. The topological polar surface area (TPSA) is 67.2 Å². The van der Waals surface area contributed by atoms with Gasteiger partial charge in [-0.1, -0.05) is 43.3 Å².